The van der Waals surface area contributed by atoms with Gasteiger partial charge in [-0.3, -0.25) is 14.4 Å². The van der Waals surface area contributed by atoms with Crippen molar-refractivity contribution >= 4 is 16.7 Å². The Morgan fingerprint density at radius 2 is 1.96 bits per heavy atom. The Labute approximate surface area is 167 Å². The molecule has 5 heteroatoms. The van der Waals surface area contributed by atoms with Crippen molar-refractivity contribution in [2.24, 2.45) is 17.8 Å². The molecule has 0 spiro atoms. The van der Waals surface area contributed by atoms with Crippen LogP contribution in [-0.2, 0) is 4.74 Å². The smallest absolute Gasteiger partial charge is 0.165 e. The summed E-state index contributed by atoms with van der Waals surface area (Å²) >= 11 is 0. The first-order valence-corrected chi connectivity index (χ1v) is 10.9. The van der Waals surface area contributed by atoms with Crippen molar-refractivity contribution in [3.8, 4) is 0 Å². The minimum absolute atomic E-state index is 0.255. The number of rotatable bonds is 6. The lowest BCUT2D eigenvalue weighted by Crippen LogP contribution is -2.39. The number of likely N-dealkylation sites (tertiary alicyclic amines) is 1. The van der Waals surface area contributed by atoms with Crippen LogP contribution in [0.5, 0.6) is 0 Å². The maximum absolute atomic E-state index is 12.9. The van der Waals surface area contributed by atoms with E-state index in [-0.39, 0.29) is 5.78 Å². The van der Waals surface area contributed by atoms with E-state index in [1.54, 1.807) is 0 Å². The highest BCUT2D eigenvalue weighted by atomic mass is 16.5. The zero-order chi connectivity index (χ0) is 19.3. The third kappa shape index (κ3) is 3.29. The number of Topliss-reactive ketones (excluding diaryl/α,β-unsaturated/α-hetero) is 1. The second kappa shape index (κ2) is 7.27. The average Bonchev–Trinajstić information content (AvgIpc) is 3.06. The quantitative estimate of drug-likeness (QED) is 0.711. The van der Waals surface area contributed by atoms with Gasteiger partial charge in [0.15, 0.2) is 5.78 Å². The van der Waals surface area contributed by atoms with Gasteiger partial charge in [-0.15, -0.1) is 0 Å². The topological polar surface area (TPSA) is 47.4 Å². The summed E-state index contributed by atoms with van der Waals surface area (Å²) in [5.74, 6) is 2.66. The van der Waals surface area contributed by atoms with Crippen molar-refractivity contribution < 1.29 is 9.53 Å². The first-order chi connectivity index (χ1) is 13.6. The van der Waals surface area contributed by atoms with Gasteiger partial charge < -0.3 is 4.74 Å². The normalized spacial score (nSPS) is 28.2. The van der Waals surface area contributed by atoms with Crippen LogP contribution in [0.2, 0.25) is 0 Å². The average molecular weight is 382 g/mol. The fourth-order valence-electron chi connectivity index (χ4n) is 5.44. The summed E-state index contributed by atoms with van der Waals surface area (Å²) in [5.41, 5.74) is 1.66. The molecule has 2 atom stereocenters. The summed E-state index contributed by atoms with van der Waals surface area (Å²) in [5, 5.41) is 5.74. The third-order valence-corrected chi connectivity index (χ3v) is 7.20. The maximum Gasteiger partial charge on any atom is 0.165 e. The number of ether oxygens (including phenoxy) is 1. The molecular formula is C23H31N3O2. The van der Waals surface area contributed by atoms with E-state index in [1.807, 2.05) is 29.1 Å². The fraction of sp³-hybridized carbons (Fsp3) is 0.652. The number of carbonyl (C=O) groups is 1. The molecule has 1 saturated carbocycles. The van der Waals surface area contributed by atoms with E-state index in [0.29, 0.717) is 12.5 Å². The summed E-state index contributed by atoms with van der Waals surface area (Å²) in [6, 6.07) is 7.02. The number of piperidine rings is 1. The predicted molar refractivity (Wildman–Crippen MR) is 110 cm³/mol. The molecule has 2 saturated heterocycles. The molecule has 5 nitrogen and oxygen atoms in total. The lowest BCUT2D eigenvalue weighted by molar-refractivity contribution is 0.0367. The van der Waals surface area contributed by atoms with Crippen LogP contribution < -0.4 is 0 Å². The van der Waals surface area contributed by atoms with Gasteiger partial charge in [0.1, 0.15) is 5.52 Å². The Morgan fingerprint density at radius 1 is 1.21 bits per heavy atom. The number of carbonyl (C=O) groups excluding carboxylic acids is 1. The van der Waals surface area contributed by atoms with Crippen LogP contribution >= 0.6 is 0 Å². The van der Waals surface area contributed by atoms with Gasteiger partial charge in [0.2, 0.25) is 0 Å². The first-order valence-electron chi connectivity index (χ1n) is 10.9. The Balaban J connectivity index is 1.18. The van der Waals surface area contributed by atoms with E-state index in [4.69, 9.17) is 4.74 Å². The van der Waals surface area contributed by atoms with Crippen molar-refractivity contribution in [3.63, 3.8) is 0 Å². The molecule has 150 valence electrons. The van der Waals surface area contributed by atoms with Gasteiger partial charge >= 0.3 is 0 Å². The molecular weight excluding hydrogens is 350 g/mol. The molecule has 0 amide bonds. The molecule has 2 unspecified atom stereocenters. The van der Waals surface area contributed by atoms with E-state index in [0.717, 1.165) is 59.9 Å². The molecule has 3 fully saturated rings. The van der Waals surface area contributed by atoms with Crippen LogP contribution in [0.15, 0.2) is 24.4 Å². The van der Waals surface area contributed by atoms with E-state index in [2.05, 4.69) is 23.8 Å². The van der Waals surface area contributed by atoms with Crippen molar-refractivity contribution in [1.29, 1.82) is 0 Å². The van der Waals surface area contributed by atoms with E-state index < -0.39 is 0 Å². The number of fused-ring (bicyclic) bond motifs is 2. The molecule has 1 aliphatic carbocycles. The zero-order valence-electron chi connectivity index (χ0n) is 17.0. The second-order valence-corrected chi connectivity index (χ2v) is 9.20. The largest absolute Gasteiger partial charge is 0.381 e. The van der Waals surface area contributed by atoms with E-state index >= 15 is 0 Å². The van der Waals surface area contributed by atoms with Crippen molar-refractivity contribution in [2.45, 2.75) is 51.6 Å². The Bertz CT molecular complexity index is 856. The van der Waals surface area contributed by atoms with Crippen LogP contribution in [0.1, 0.15) is 55.9 Å². The number of aromatic nitrogens is 2. The van der Waals surface area contributed by atoms with Gasteiger partial charge in [-0.2, -0.15) is 5.10 Å². The van der Waals surface area contributed by atoms with Gasteiger partial charge in [0, 0.05) is 62.0 Å². The molecule has 3 heterocycles. The van der Waals surface area contributed by atoms with Crippen LogP contribution in [0.25, 0.3) is 10.9 Å². The summed E-state index contributed by atoms with van der Waals surface area (Å²) in [6.45, 7) is 8.55. The second-order valence-electron chi connectivity index (χ2n) is 9.20. The molecule has 3 aliphatic rings. The molecule has 0 N–H and O–H groups in total. The monoisotopic (exact) mass is 381 g/mol. The SMILES string of the molecule is CC(C)n1cc2cccc(C(=O)CCC3C4CN(C5CCOCC5)CC34)c2n1. The van der Waals surface area contributed by atoms with Crippen molar-refractivity contribution in [3.05, 3.63) is 30.0 Å². The molecule has 5 rings (SSSR count). The summed E-state index contributed by atoms with van der Waals surface area (Å²) in [7, 11) is 0. The maximum atomic E-state index is 12.9. The summed E-state index contributed by atoms with van der Waals surface area (Å²) < 4.78 is 7.46. The number of benzene rings is 1. The number of nitrogens with zero attached hydrogens (tertiary/aromatic N) is 3. The van der Waals surface area contributed by atoms with Crippen molar-refractivity contribution in [1.82, 2.24) is 14.7 Å². The number of hydrogen-bond donors (Lipinski definition) is 0. The highest BCUT2D eigenvalue weighted by Crippen LogP contribution is 2.54. The minimum Gasteiger partial charge on any atom is -0.381 e. The van der Waals surface area contributed by atoms with Gasteiger partial charge in [-0.1, -0.05) is 12.1 Å². The van der Waals surface area contributed by atoms with Crippen LogP contribution in [-0.4, -0.2) is 52.8 Å². The standard InChI is InChI=1S/C23H31N3O2/c1-15(2)26-12-16-4-3-5-19(23(16)24-26)22(27)7-6-18-20-13-25(14-21(18)20)17-8-10-28-11-9-17/h3-5,12,15,17-18,20-21H,6-11,13-14H2,1-2H3. The lowest BCUT2D eigenvalue weighted by atomic mass is 10.0. The first kappa shape index (κ1) is 18.3. The predicted octanol–water partition coefficient (Wildman–Crippen LogP) is 3.94. The zero-order valence-corrected chi connectivity index (χ0v) is 17.0. The van der Waals surface area contributed by atoms with Crippen LogP contribution in [0.3, 0.4) is 0 Å². The van der Waals surface area contributed by atoms with Crippen LogP contribution in [0, 0.1) is 17.8 Å². The molecule has 28 heavy (non-hydrogen) atoms. The molecule has 1 aromatic carbocycles. The molecule has 2 aromatic rings. The van der Waals surface area contributed by atoms with E-state index in [1.165, 1.54) is 25.9 Å². The highest BCUT2D eigenvalue weighted by Gasteiger charge is 2.55. The third-order valence-electron chi connectivity index (χ3n) is 7.20. The minimum atomic E-state index is 0.255. The molecule has 0 bridgehead atoms. The van der Waals surface area contributed by atoms with Gasteiger partial charge in [0.05, 0.1) is 0 Å². The van der Waals surface area contributed by atoms with Gasteiger partial charge in [-0.25, -0.2) is 0 Å². The fourth-order valence-corrected chi connectivity index (χ4v) is 5.44. The molecule has 0 radical (unpaired) electrons. The van der Waals surface area contributed by atoms with E-state index in [9.17, 15) is 4.79 Å². The van der Waals surface area contributed by atoms with Crippen LogP contribution in [0.4, 0.5) is 0 Å². The molecule has 2 aliphatic heterocycles. The Kier molecular flexibility index (Phi) is 4.76. The number of ketones is 1. The summed E-state index contributed by atoms with van der Waals surface area (Å²) in [6.07, 6.45) is 6.12. The van der Waals surface area contributed by atoms with Gasteiger partial charge in [0.25, 0.3) is 0 Å². The summed E-state index contributed by atoms with van der Waals surface area (Å²) in [4.78, 5) is 15.6. The Morgan fingerprint density at radius 3 is 2.68 bits per heavy atom. The Hall–Kier alpha value is -1.72. The molecule has 1 aromatic heterocycles. The lowest BCUT2D eigenvalue weighted by Gasteiger charge is -2.32. The van der Waals surface area contributed by atoms with Crippen molar-refractivity contribution in [2.75, 3.05) is 26.3 Å². The number of hydrogen-bond acceptors (Lipinski definition) is 4. The van der Waals surface area contributed by atoms with Gasteiger partial charge in [-0.05, 0) is 56.9 Å². The highest BCUT2D eigenvalue weighted by molar-refractivity contribution is 6.06.